The molecule has 1 aromatic rings. The van der Waals surface area contributed by atoms with Gasteiger partial charge in [-0.15, -0.1) is 0 Å². The third-order valence-electron chi connectivity index (χ3n) is 3.57. The lowest BCUT2D eigenvalue weighted by atomic mass is 10.0. The third-order valence-corrected chi connectivity index (χ3v) is 3.57. The first-order valence-corrected chi connectivity index (χ1v) is 6.78. The maximum atomic E-state index is 5.94. The van der Waals surface area contributed by atoms with Crippen LogP contribution in [0.15, 0.2) is 18.2 Å². The third kappa shape index (κ3) is 2.85. The van der Waals surface area contributed by atoms with Crippen LogP contribution in [0.5, 0.6) is 0 Å². The molecule has 18 heavy (non-hydrogen) atoms. The first kappa shape index (κ1) is 13.4. The van der Waals surface area contributed by atoms with Crippen molar-refractivity contribution < 1.29 is 4.74 Å². The maximum Gasteiger partial charge on any atom is 0.0766 e. The molecule has 1 aromatic carbocycles. The number of anilines is 1. The fourth-order valence-electron chi connectivity index (χ4n) is 2.88. The van der Waals surface area contributed by atoms with Gasteiger partial charge in [-0.2, -0.15) is 0 Å². The Morgan fingerprint density at radius 1 is 1.28 bits per heavy atom. The molecule has 1 aliphatic rings. The van der Waals surface area contributed by atoms with Gasteiger partial charge < -0.3 is 15.4 Å². The molecular weight excluding hydrogens is 224 g/mol. The quantitative estimate of drug-likeness (QED) is 0.891. The topological polar surface area (TPSA) is 38.5 Å². The molecule has 0 aliphatic carbocycles. The van der Waals surface area contributed by atoms with Crippen molar-refractivity contribution in [1.29, 1.82) is 0 Å². The summed E-state index contributed by atoms with van der Waals surface area (Å²) in [5, 5.41) is 0. The van der Waals surface area contributed by atoms with Crippen LogP contribution in [0.2, 0.25) is 0 Å². The van der Waals surface area contributed by atoms with Crippen LogP contribution >= 0.6 is 0 Å². The van der Waals surface area contributed by atoms with E-state index < -0.39 is 0 Å². The van der Waals surface area contributed by atoms with E-state index in [0.717, 1.165) is 19.5 Å². The largest absolute Gasteiger partial charge is 0.372 e. The number of benzene rings is 1. The smallest absolute Gasteiger partial charge is 0.0766 e. The van der Waals surface area contributed by atoms with Crippen LogP contribution in [-0.2, 0) is 4.74 Å². The summed E-state index contributed by atoms with van der Waals surface area (Å²) in [6.07, 6.45) is 1.47. The average molecular weight is 248 g/mol. The lowest BCUT2D eigenvalue weighted by molar-refractivity contribution is -0.0184. The molecule has 100 valence electrons. The van der Waals surface area contributed by atoms with Crippen molar-refractivity contribution in [3.8, 4) is 0 Å². The minimum absolute atomic E-state index is 0.262. The summed E-state index contributed by atoms with van der Waals surface area (Å²) in [5.74, 6) is 0. The highest BCUT2D eigenvalue weighted by atomic mass is 16.5. The molecule has 1 fully saturated rings. The second-order valence-electron chi connectivity index (χ2n) is 5.29. The second kappa shape index (κ2) is 5.72. The molecular formula is C15H24N2O. The molecule has 0 spiro atoms. The van der Waals surface area contributed by atoms with Gasteiger partial charge in [0.2, 0.25) is 0 Å². The van der Waals surface area contributed by atoms with E-state index in [0.29, 0.717) is 6.54 Å². The van der Waals surface area contributed by atoms with Crippen molar-refractivity contribution in [3.05, 3.63) is 29.3 Å². The van der Waals surface area contributed by atoms with Crippen LogP contribution < -0.4 is 10.6 Å². The van der Waals surface area contributed by atoms with Gasteiger partial charge in [0.15, 0.2) is 0 Å². The number of morpholine rings is 1. The predicted molar refractivity (Wildman–Crippen MR) is 76.1 cm³/mol. The molecule has 0 bridgehead atoms. The van der Waals surface area contributed by atoms with Crippen LogP contribution in [0.3, 0.4) is 0 Å². The van der Waals surface area contributed by atoms with Gasteiger partial charge in [0.1, 0.15) is 0 Å². The zero-order valence-corrected chi connectivity index (χ0v) is 11.6. The number of para-hydroxylation sites is 1. The van der Waals surface area contributed by atoms with E-state index >= 15 is 0 Å². The molecule has 0 radical (unpaired) electrons. The molecule has 2 unspecified atom stereocenters. The molecule has 0 aromatic heterocycles. The Morgan fingerprint density at radius 2 is 1.94 bits per heavy atom. The monoisotopic (exact) mass is 248 g/mol. The first-order valence-electron chi connectivity index (χ1n) is 6.78. The number of ether oxygens (including phenoxy) is 1. The van der Waals surface area contributed by atoms with Crippen molar-refractivity contribution in [2.24, 2.45) is 5.73 Å². The SMILES string of the molecule is Cc1cccc(C)c1N1CC(C)OC(CCN)C1. The molecule has 3 heteroatoms. The van der Waals surface area contributed by atoms with E-state index in [2.05, 4.69) is 43.9 Å². The maximum absolute atomic E-state index is 5.94. The molecule has 2 N–H and O–H groups in total. The molecule has 2 rings (SSSR count). The van der Waals surface area contributed by atoms with E-state index in [1.165, 1.54) is 16.8 Å². The minimum atomic E-state index is 0.262. The molecule has 2 atom stereocenters. The van der Waals surface area contributed by atoms with Gasteiger partial charge in [-0.25, -0.2) is 0 Å². The van der Waals surface area contributed by atoms with Crippen LogP contribution in [-0.4, -0.2) is 31.8 Å². The number of hydrogen-bond donors (Lipinski definition) is 1. The summed E-state index contributed by atoms with van der Waals surface area (Å²) in [6, 6.07) is 6.48. The second-order valence-corrected chi connectivity index (χ2v) is 5.29. The molecule has 0 amide bonds. The summed E-state index contributed by atoms with van der Waals surface area (Å²) in [4.78, 5) is 2.46. The number of aryl methyl sites for hydroxylation is 2. The van der Waals surface area contributed by atoms with E-state index in [9.17, 15) is 0 Å². The highest BCUT2D eigenvalue weighted by molar-refractivity contribution is 5.59. The average Bonchev–Trinajstić information content (AvgIpc) is 2.28. The summed E-state index contributed by atoms with van der Waals surface area (Å²) in [6.45, 7) is 9.11. The van der Waals surface area contributed by atoms with E-state index in [4.69, 9.17) is 10.5 Å². The summed E-state index contributed by atoms with van der Waals surface area (Å²) in [7, 11) is 0. The van der Waals surface area contributed by atoms with Crippen LogP contribution in [0, 0.1) is 13.8 Å². The first-order chi connectivity index (χ1) is 8.61. The normalized spacial score (nSPS) is 24.3. The lowest BCUT2D eigenvalue weighted by Gasteiger charge is -2.39. The zero-order valence-electron chi connectivity index (χ0n) is 11.6. The van der Waals surface area contributed by atoms with Crippen molar-refractivity contribution in [2.75, 3.05) is 24.5 Å². The van der Waals surface area contributed by atoms with Gasteiger partial charge in [0, 0.05) is 18.8 Å². The van der Waals surface area contributed by atoms with E-state index in [1.807, 2.05) is 0 Å². The van der Waals surface area contributed by atoms with Crippen LogP contribution in [0.1, 0.15) is 24.5 Å². The molecule has 0 saturated carbocycles. The van der Waals surface area contributed by atoms with Crippen LogP contribution in [0.4, 0.5) is 5.69 Å². The number of hydrogen-bond acceptors (Lipinski definition) is 3. The van der Waals surface area contributed by atoms with Crippen molar-refractivity contribution >= 4 is 5.69 Å². The summed E-state index contributed by atoms with van der Waals surface area (Å²) in [5.41, 5.74) is 9.71. The van der Waals surface area contributed by atoms with Crippen molar-refractivity contribution in [3.63, 3.8) is 0 Å². The van der Waals surface area contributed by atoms with Gasteiger partial charge in [0.25, 0.3) is 0 Å². The summed E-state index contributed by atoms with van der Waals surface area (Å²) >= 11 is 0. The molecule has 1 saturated heterocycles. The summed E-state index contributed by atoms with van der Waals surface area (Å²) < 4.78 is 5.94. The standard InChI is InChI=1S/C15H24N2O/c1-11-5-4-6-12(2)15(11)17-9-13(3)18-14(10-17)7-8-16/h4-6,13-14H,7-10,16H2,1-3H3. The zero-order chi connectivity index (χ0) is 13.1. The number of nitrogens with two attached hydrogens (primary N) is 1. The Hall–Kier alpha value is -1.06. The van der Waals surface area contributed by atoms with Gasteiger partial charge >= 0.3 is 0 Å². The van der Waals surface area contributed by atoms with Crippen molar-refractivity contribution in [1.82, 2.24) is 0 Å². The van der Waals surface area contributed by atoms with Gasteiger partial charge in [0.05, 0.1) is 12.2 Å². The van der Waals surface area contributed by atoms with Gasteiger partial charge in [-0.3, -0.25) is 0 Å². The number of nitrogens with zero attached hydrogens (tertiary/aromatic N) is 1. The van der Waals surface area contributed by atoms with Crippen molar-refractivity contribution in [2.45, 2.75) is 39.4 Å². The molecule has 1 aliphatic heterocycles. The lowest BCUT2D eigenvalue weighted by Crippen LogP contribution is -2.47. The Labute approximate surface area is 110 Å². The predicted octanol–water partition coefficient (Wildman–Crippen LogP) is 2.25. The van der Waals surface area contributed by atoms with Gasteiger partial charge in [-0.1, -0.05) is 18.2 Å². The Kier molecular flexibility index (Phi) is 4.25. The highest BCUT2D eigenvalue weighted by Gasteiger charge is 2.26. The molecule has 1 heterocycles. The minimum Gasteiger partial charge on any atom is -0.372 e. The van der Waals surface area contributed by atoms with Gasteiger partial charge in [-0.05, 0) is 44.9 Å². The Bertz CT molecular complexity index is 385. The molecule has 3 nitrogen and oxygen atoms in total. The van der Waals surface area contributed by atoms with Crippen LogP contribution in [0.25, 0.3) is 0 Å². The Balaban J connectivity index is 2.21. The fraction of sp³-hybridized carbons (Fsp3) is 0.600. The fourth-order valence-corrected chi connectivity index (χ4v) is 2.88. The van der Waals surface area contributed by atoms with E-state index in [1.54, 1.807) is 0 Å². The highest BCUT2D eigenvalue weighted by Crippen LogP contribution is 2.28. The van der Waals surface area contributed by atoms with E-state index in [-0.39, 0.29) is 12.2 Å². The number of rotatable bonds is 3. The Morgan fingerprint density at radius 3 is 2.56 bits per heavy atom.